The van der Waals surface area contributed by atoms with Gasteiger partial charge in [-0.3, -0.25) is 0 Å². The van der Waals surface area contributed by atoms with Crippen LogP contribution in [0.25, 0.3) is 0 Å². The molecule has 1 aromatic heterocycles. The van der Waals surface area contributed by atoms with Gasteiger partial charge in [-0.15, -0.1) is 0 Å². The number of epoxide rings is 1. The summed E-state index contributed by atoms with van der Waals surface area (Å²) in [5.41, 5.74) is 2.28. The van der Waals surface area contributed by atoms with E-state index in [4.69, 9.17) is 4.74 Å². The number of nitrogens with one attached hydrogen (secondary N) is 1. The van der Waals surface area contributed by atoms with Crippen LogP contribution in [0.2, 0.25) is 0 Å². The third kappa shape index (κ3) is 3.86. The second kappa shape index (κ2) is 7.20. The summed E-state index contributed by atoms with van der Waals surface area (Å²) < 4.78 is 13.0. The van der Waals surface area contributed by atoms with Gasteiger partial charge in [-0.2, -0.15) is 0 Å². The summed E-state index contributed by atoms with van der Waals surface area (Å²) >= 11 is -0.693. The molecule has 2 N–H and O–H groups in total. The van der Waals surface area contributed by atoms with Gasteiger partial charge in [0.1, 0.15) is 0 Å². The van der Waals surface area contributed by atoms with Crippen molar-refractivity contribution in [3.63, 3.8) is 0 Å². The SMILES string of the molecule is Cc1cccc(O)c1C=N[I-]NC1OC1c1ccc([N+](=O)[O-])cn1. The van der Waals surface area contributed by atoms with Crippen LogP contribution in [-0.2, 0) is 4.74 Å². The molecule has 2 atom stereocenters. The van der Waals surface area contributed by atoms with E-state index in [0.717, 1.165) is 5.56 Å². The van der Waals surface area contributed by atoms with Crippen LogP contribution < -0.4 is 25.3 Å². The Morgan fingerprint density at radius 3 is 2.96 bits per heavy atom. The number of hydrogen-bond donors (Lipinski definition) is 2. The van der Waals surface area contributed by atoms with E-state index >= 15 is 0 Å². The van der Waals surface area contributed by atoms with Crippen LogP contribution in [0.3, 0.4) is 0 Å². The Balaban J connectivity index is 1.51. The van der Waals surface area contributed by atoms with Gasteiger partial charge in [-0.05, 0) is 0 Å². The summed E-state index contributed by atoms with van der Waals surface area (Å²) in [7, 11) is 0. The van der Waals surface area contributed by atoms with E-state index in [1.807, 2.05) is 13.0 Å². The van der Waals surface area contributed by atoms with Gasteiger partial charge in [0, 0.05) is 0 Å². The Morgan fingerprint density at radius 1 is 1.46 bits per heavy atom. The Morgan fingerprint density at radius 2 is 2.29 bits per heavy atom. The molecule has 1 aromatic carbocycles. The molecule has 1 aliphatic rings. The summed E-state index contributed by atoms with van der Waals surface area (Å²) in [6.45, 7) is 1.91. The Kier molecular flexibility index (Phi) is 5.02. The van der Waals surface area contributed by atoms with Crippen molar-refractivity contribution in [3.05, 3.63) is 63.5 Å². The number of nitrogens with zero attached hydrogens (tertiary/aromatic N) is 3. The van der Waals surface area contributed by atoms with E-state index < -0.39 is 26.7 Å². The molecule has 1 saturated heterocycles. The zero-order valence-electron chi connectivity index (χ0n) is 12.6. The van der Waals surface area contributed by atoms with Crippen molar-refractivity contribution in [1.82, 2.24) is 8.51 Å². The van der Waals surface area contributed by atoms with Crippen molar-refractivity contribution < 1.29 is 36.5 Å². The molecule has 2 heterocycles. The first-order chi connectivity index (χ1) is 11.6. The first-order valence-electron chi connectivity index (χ1n) is 7.02. The number of phenols is 1. The minimum atomic E-state index is -0.693. The Labute approximate surface area is 148 Å². The van der Waals surface area contributed by atoms with Crippen LogP contribution in [0.5, 0.6) is 5.75 Å². The third-order valence-corrected chi connectivity index (χ3v) is 4.90. The van der Waals surface area contributed by atoms with Gasteiger partial charge in [-0.25, -0.2) is 0 Å². The van der Waals surface area contributed by atoms with Crippen LogP contribution >= 0.6 is 0 Å². The van der Waals surface area contributed by atoms with Gasteiger partial charge in [0.05, 0.1) is 0 Å². The Bertz CT molecular complexity index is 761. The van der Waals surface area contributed by atoms with E-state index in [1.165, 1.54) is 12.3 Å². The van der Waals surface area contributed by atoms with Gasteiger partial charge in [-0.1, -0.05) is 0 Å². The molecular formula is C15H14IN4O4-. The number of pyridine rings is 1. The number of nitro groups is 1. The third-order valence-electron chi connectivity index (χ3n) is 3.45. The fourth-order valence-corrected chi connectivity index (χ4v) is 3.40. The first-order valence-corrected chi connectivity index (χ1v) is 9.07. The molecule has 2 aromatic rings. The van der Waals surface area contributed by atoms with Gasteiger partial charge >= 0.3 is 149 Å². The maximum absolute atomic E-state index is 10.6. The average molecular weight is 441 g/mol. The molecule has 0 spiro atoms. The summed E-state index contributed by atoms with van der Waals surface area (Å²) in [6, 6.07) is 8.33. The van der Waals surface area contributed by atoms with E-state index in [0.29, 0.717) is 11.3 Å². The zero-order valence-corrected chi connectivity index (χ0v) is 14.7. The molecule has 3 rings (SSSR count). The summed E-state index contributed by atoms with van der Waals surface area (Å²) in [6.07, 6.45) is 2.51. The van der Waals surface area contributed by atoms with Crippen LogP contribution in [0.1, 0.15) is 22.9 Å². The minimum absolute atomic E-state index is 0.0426. The average Bonchev–Trinajstić information content (AvgIpc) is 3.33. The molecule has 24 heavy (non-hydrogen) atoms. The zero-order chi connectivity index (χ0) is 17.1. The quantitative estimate of drug-likeness (QED) is 0.149. The second-order valence-corrected chi connectivity index (χ2v) is 6.77. The van der Waals surface area contributed by atoms with Crippen molar-refractivity contribution in [2.45, 2.75) is 19.3 Å². The van der Waals surface area contributed by atoms with Crippen molar-refractivity contribution >= 4 is 11.9 Å². The number of phenolic OH excluding ortho intramolecular Hbond substituents is 1. The van der Waals surface area contributed by atoms with Crippen molar-refractivity contribution in [2.75, 3.05) is 0 Å². The molecule has 1 fully saturated rings. The standard InChI is InChI=1S/C15H14IN4O4/c1-9-3-2-4-13(21)11(9)8-18-16-19-15-14(24-15)12-6-5-10(7-17-12)20(22)23/h2-8,14-15,19,21H,1H3/q-1. The fraction of sp³-hybridized carbons (Fsp3) is 0.200. The van der Waals surface area contributed by atoms with Crippen LogP contribution in [0.4, 0.5) is 5.69 Å². The molecule has 0 bridgehead atoms. The molecule has 0 saturated carbocycles. The van der Waals surface area contributed by atoms with E-state index in [9.17, 15) is 15.2 Å². The van der Waals surface area contributed by atoms with Gasteiger partial charge < -0.3 is 0 Å². The predicted octanol–water partition coefficient (Wildman–Crippen LogP) is -0.971. The number of rotatable bonds is 6. The van der Waals surface area contributed by atoms with Crippen LogP contribution in [0.15, 0.2) is 39.7 Å². The van der Waals surface area contributed by atoms with E-state index in [1.54, 1.807) is 24.4 Å². The topological polar surface area (TPSA) is 113 Å². The normalized spacial score (nSPS) is 19.7. The molecule has 0 radical (unpaired) electrons. The molecule has 0 amide bonds. The predicted molar refractivity (Wildman–Crippen MR) is 82.1 cm³/mol. The van der Waals surface area contributed by atoms with Crippen molar-refractivity contribution in [2.24, 2.45) is 3.21 Å². The van der Waals surface area contributed by atoms with Gasteiger partial charge in [0.15, 0.2) is 0 Å². The first kappa shape index (κ1) is 16.7. The molecule has 126 valence electrons. The number of halogens is 1. The molecule has 0 aliphatic carbocycles. The second-order valence-electron chi connectivity index (χ2n) is 5.10. The summed E-state index contributed by atoms with van der Waals surface area (Å²) in [4.78, 5) is 14.2. The number of hydrogen-bond acceptors (Lipinski definition) is 7. The van der Waals surface area contributed by atoms with E-state index in [-0.39, 0.29) is 23.8 Å². The van der Waals surface area contributed by atoms with Crippen molar-refractivity contribution in [3.8, 4) is 5.75 Å². The summed E-state index contributed by atoms with van der Waals surface area (Å²) in [5, 5.41) is 20.4. The number of aromatic hydroxyl groups is 1. The molecule has 8 nitrogen and oxygen atoms in total. The van der Waals surface area contributed by atoms with Crippen molar-refractivity contribution in [1.29, 1.82) is 0 Å². The maximum atomic E-state index is 10.6. The van der Waals surface area contributed by atoms with Crippen LogP contribution in [0, 0.1) is 17.0 Å². The number of aromatic nitrogens is 1. The number of benzene rings is 1. The molecule has 9 heteroatoms. The monoisotopic (exact) mass is 441 g/mol. The van der Waals surface area contributed by atoms with E-state index in [2.05, 4.69) is 11.7 Å². The summed E-state index contributed by atoms with van der Waals surface area (Å²) in [5.74, 6) is 0.207. The van der Waals surface area contributed by atoms with Crippen LogP contribution in [-0.4, -0.2) is 27.5 Å². The van der Waals surface area contributed by atoms with Gasteiger partial charge in [0.2, 0.25) is 0 Å². The molecule has 2 unspecified atom stereocenters. The number of aryl methyl sites for hydroxylation is 1. The molecule has 1 aliphatic heterocycles. The Hall–Kier alpha value is -2.11. The number of ether oxygens (including phenoxy) is 1. The molecular weight excluding hydrogens is 427 g/mol. The fourth-order valence-electron chi connectivity index (χ4n) is 2.08. The van der Waals surface area contributed by atoms with Gasteiger partial charge in [0.25, 0.3) is 0 Å².